The van der Waals surface area contributed by atoms with Crippen molar-refractivity contribution >= 4 is 12.3 Å². The number of rotatable bonds is 6. The Bertz CT molecular complexity index is 597. The second-order valence-corrected chi connectivity index (χ2v) is 6.51. The van der Waals surface area contributed by atoms with Crippen LogP contribution in [0.2, 0.25) is 0 Å². The van der Waals surface area contributed by atoms with Gasteiger partial charge in [-0.15, -0.1) is 0 Å². The standard InChI is InChI=1S/C7H3F3O.C6H14N2O2.C6H13N/c8-5-2-1-4(3-11)6(9)7(5)10;7-4-2-1-3-5(8)6(9)10;7-6-4-2-1-3-5-6/h1-3H;5H,1-4,7-8H2,(H,9,10);6H,1-5,7H2/t;5-;/m.0./s1. The number of unbranched alkanes of at least 4 members (excludes halogenated alkanes) is 1. The van der Waals surface area contributed by atoms with Gasteiger partial charge >= 0.3 is 5.97 Å². The summed E-state index contributed by atoms with van der Waals surface area (Å²) in [4.78, 5) is 20.1. The van der Waals surface area contributed by atoms with Crippen LogP contribution in [0.5, 0.6) is 0 Å². The SMILES string of the molecule is NC1CCCCC1.NCCCC[C@H](N)C(=O)O.O=Cc1ccc(F)c(F)c1F. The van der Waals surface area contributed by atoms with E-state index in [0.717, 1.165) is 18.9 Å². The Morgan fingerprint density at radius 2 is 1.75 bits per heavy atom. The molecule has 28 heavy (non-hydrogen) atoms. The molecular formula is C19H30F3N3O3. The lowest BCUT2D eigenvalue weighted by molar-refractivity contribution is -0.138. The maximum absolute atomic E-state index is 12.4. The van der Waals surface area contributed by atoms with Crippen LogP contribution in [0.1, 0.15) is 61.7 Å². The summed E-state index contributed by atoms with van der Waals surface area (Å²) < 4.78 is 36.9. The van der Waals surface area contributed by atoms with E-state index in [0.29, 0.717) is 25.1 Å². The van der Waals surface area contributed by atoms with Gasteiger partial charge in [0.25, 0.3) is 0 Å². The lowest BCUT2D eigenvalue weighted by Crippen LogP contribution is -2.29. The number of halogens is 3. The fourth-order valence-corrected chi connectivity index (χ4v) is 2.40. The summed E-state index contributed by atoms with van der Waals surface area (Å²) in [5.74, 6) is -5.29. The van der Waals surface area contributed by atoms with Crippen LogP contribution in [0.25, 0.3) is 0 Å². The summed E-state index contributed by atoms with van der Waals surface area (Å²) in [5, 5.41) is 8.33. The summed E-state index contributed by atoms with van der Waals surface area (Å²) in [6.45, 7) is 0.604. The molecule has 2 rings (SSSR count). The maximum Gasteiger partial charge on any atom is 0.320 e. The largest absolute Gasteiger partial charge is 0.480 e. The van der Waals surface area contributed by atoms with Crippen LogP contribution in [-0.4, -0.2) is 36.0 Å². The van der Waals surface area contributed by atoms with Crippen molar-refractivity contribution in [2.75, 3.05) is 6.54 Å². The Morgan fingerprint density at radius 3 is 2.18 bits per heavy atom. The van der Waals surface area contributed by atoms with Crippen LogP contribution >= 0.6 is 0 Å². The monoisotopic (exact) mass is 405 g/mol. The predicted molar refractivity (Wildman–Crippen MR) is 101 cm³/mol. The Labute approximate surface area is 163 Å². The molecule has 0 aliphatic heterocycles. The van der Waals surface area contributed by atoms with Crippen LogP contribution in [0.3, 0.4) is 0 Å². The molecule has 0 aromatic heterocycles. The molecule has 1 aromatic carbocycles. The molecule has 7 N–H and O–H groups in total. The first kappa shape index (κ1) is 26.0. The Hall–Kier alpha value is -1.97. The van der Waals surface area contributed by atoms with E-state index in [1.807, 2.05) is 0 Å². The first-order valence-electron chi connectivity index (χ1n) is 9.27. The Kier molecular flexibility index (Phi) is 14.0. The second-order valence-electron chi connectivity index (χ2n) is 6.51. The van der Waals surface area contributed by atoms with Gasteiger partial charge < -0.3 is 22.3 Å². The summed E-state index contributed by atoms with van der Waals surface area (Å²) in [6.07, 6.45) is 8.95. The Balaban J connectivity index is 0.000000400. The van der Waals surface area contributed by atoms with Crippen molar-refractivity contribution in [3.8, 4) is 0 Å². The van der Waals surface area contributed by atoms with E-state index < -0.39 is 35.0 Å². The third-order valence-corrected chi connectivity index (χ3v) is 4.13. The number of nitrogens with two attached hydrogens (primary N) is 3. The molecule has 0 unspecified atom stereocenters. The number of aliphatic carboxylic acids is 1. The van der Waals surface area contributed by atoms with Gasteiger partial charge in [0.05, 0.1) is 5.56 Å². The number of carboxylic acids is 1. The van der Waals surface area contributed by atoms with Crippen molar-refractivity contribution in [1.29, 1.82) is 0 Å². The molecule has 1 saturated carbocycles. The molecular weight excluding hydrogens is 375 g/mol. The Morgan fingerprint density at radius 1 is 1.14 bits per heavy atom. The van der Waals surface area contributed by atoms with E-state index in [4.69, 9.17) is 22.3 Å². The van der Waals surface area contributed by atoms with Gasteiger partial charge in [0.2, 0.25) is 0 Å². The topological polar surface area (TPSA) is 132 Å². The number of carbonyl (C=O) groups excluding carboxylic acids is 1. The molecule has 9 heteroatoms. The summed E-state index contributed by atoms with van der Waals surface area (Å²) in [7, 11) is 0. The van der Waals surface area contributed by atoms with E-state index in [1.165, 1.54) is 32.1 Å². The third kappa shape index (κ3) is 11.0. The number of carboxylic acid groups (broad SMARTS) is 1. The van der Waals surface area contributed by atoms with E-state index in [9.17, 15) is 22.8 Å². The highest BCUT2D eigenvalue weighted by molar-refractivity contribution is 5.75. The van der Waals surface area contributed by atoms with Crippen molar-refractivity contribution in [3.63, 3.8) is 0 Å². The molecule has 0 amide bonds. The fraction of sp³-hybridized carbons (Fsp3) is 0.579. The van der Waals surface area contributed by atoms with Gasteiger partial charge in [-0.1, -0.05) is 25.7 Å². The molecule has 1 aromatic rings. The van der Waals surface area contributed by atoms with Crippen LogP contribution in [-0.2, 0) is 4.79 Å². The molecule has 1 aliphatic rings. The highest BCUT2D eigenvalue weighted by Gasteiger charge is 2.12. The van der Waals surface area contributed by atoms with Gasteiger partial charge in [0.15, 0.2) is 23.7 Å². The zero-order valence-electron chi connectivity index (χ0n) is 15.9. The number of carbonyl (C=O) groups is 2. The molecule has 1 atom stereocenters. The van der Waals surface area contributed by atoms with E-state index in [2.05, 4.69) is 0 Å². The molecule has 160 valence electrons. The smallest absolute Gasteiger partial charge is 0.320 e. The van der Waals surface area contributed by atoms with Crippen LogP contribution in [0, 0.1) is 17.5 Å². The summed E-state index contributed by atoms with van der Waals surface area (Å²) >= 11 is 0. The molecule has 0 bridgehead atoms. The minimum absolute atomic E-state index is 0.123. The number of hydrogen-bond acceptors (Lipinski definition) is 5. The zero-order valence-corrected chi connectivity index (χ0v) is 15.9. The van der Waals surface area contributed by atoms with Gasteiger partial charge in [-0.3, -0.25) is 9.59 Å². The highest BCUT2D eigenvalue weighted by atomic mass is 19.2. The van der Waals surface area contributed by atoms with Crippen molar-refractivity contribution in [1.82, 2.24) is 0 Å². The zero-order chi connectivity index (χ0) is 21.5. The molecule has 1 fully saturated rings. The molecule has 1 aliphatic carbocycles. The average Bonchev–Trinajstić information content (AvgIpc) is 2.68. The normalized spacial score (nSPS) is 14.8. The third-order valence-electron chi connectivity index (χ3n) is 4.13. The maximum atomic E-state index is 12.4. The first-order valence-corrected chi connectivity index (χ1v) is 9.27. The van der Waals surface area contributed by atoms with Crippen molar-refractivity contribution in [2.24, 2.45) is 17.2 Å². The number of aldehydes is 1. The van der Waals surface area contributed by atoms with Gasteiger partial charge in [-0.25, -0.2) is 13.2 Å². The van der Waals surface area contributed by atoms with E-state index in [1.54, 1.807) is 0 Å². The van der Waals surface area contributed by atoms with Crippen molar-refractivity contribution < 1.29 is 27.9 Å². The number of hydrogen-bond donors (Lipinski definition) is 4. The van der Waals surface area contributed by atoms with Crippen molar-refractivity contribution in [3.05, 3.63) is 35.1 Å². The quantitative estimate of drug-likeness (QED) is 0.327. The molecule has 6 nitrogen and oxygen atoms in total. The van der Waals surface area contributed by atoms with Crippen LogP contribution < -0.4 is 17.2 Å². The predicted octanol–water partition coefficient (Wildman–Crippen LogP) is 2.72. The molecule has 0 spiro atoms. The summed E-state index contributed by atoms with van der Waals surface area (Å²) in [5.41, 5.74) is 15.6. The van der Waals surface area contributed by atoms with Gasteiger partial charge in [0.1, 0.15) is 6.04 Å². The molecule has 0 heterocycles. The van der Waals surface area contributed by atoms with Gasteiger partial charge in [-0.2, -0.15) is 0 Å². The lowest BCUT2D eigenvalue weighted by Gasteiger charge is -2.15. The highest BCUT2D eigenvalue weighted by Crippen LogP contribution is 2.15. The van der Waals surface area contributed by atoms with E-state index >= 15 is 0 Å². The lowest BCUT2D eigenvalue weighted by atomic mass is 9.97. The summed E-state index contributed by atoms with van der Waals surface area (Å²) in [6, 6.07) is 1.39. The molecule has 0 radical (unpaired) electrons. The van der Waals surface area contributed by atoms with Gasteiger partial charge in [-0.05, 0) is 44.4 Å². The first-order chi connectivity index (χ1) is 13.2. The van der Waals surface area contributed by atoms with Gasteiger partial charge in [0, 0.05) is 6.04 Å². The average molecular weight is 405 g/mol. The van der Waals surface area contributed by atoms with Crippen LogP contribution in [0.15, 0.2) is 12.1 Å². The van der Waals surface area contributed by atoms with E-state index in [-0.39, 0.29) is 6.29 Å². The fourth-order valence-electron chi connectivity index (χ4n) is 2.40. The second kappa shape index (κ2) is 15.0. The minimum atomic E-state index is -1.62. The van der Waals surface area contributed by atoms with Crippen molar-refractivity contribution in [2.45, 2.75) is 63.5 Å². The number of benzene rings is 1. The minimum Gasteiger partial charge on any atom is -0.480 e. The van der Waals surface area contributed by atoms with Crippen LogP contribution in [0.4, 0.5) is 13.2 Å². The molecule has 0 saturated heterocycles.